The van der Waals surface area contributed by atoms with E-state index in [0.717, 1.165) is 26.4 Å². The van der Waals surface area contributed by atoms with Crippen LogP contribution in [0.1, 0.15) is 51.4 Å². The van der Waals surface area contributed by atoms with Crippen LogP contribution in [0.3, 0.4) is 0 Å². The van der Waals surface area contributed by atoms with Crippen molar-refractivity contribution in [2.75, 3.05) is 39.5 Å². The van der Waals surface area contributed by atoms with Crippen molar-refractivity contribution < 1.29 is 29.3 Å². The number of hydrogen-bond acceptors (Lipinski definition) is 6. The molecule has 4 aliphatic rings. The first kappa shape index (κ1) is 21.1. The number of hydrogen-bond donors (Lipinski definition) is 4. The van der Waals surface area contributed by atoms with Gasteiger partial charge in [0.05, 0.1) is 0 Å². The van der Waals surface area contributed by atoms with Crippen molar-refractivity contribution in [2.24, 2.45) is 0 Å². The largest absolute Gasteiger partial charge is 0.473 e. The van der Waals surface area contributed by atoms with E-state index in [1.54, 1.807) is 0 Å². The van der Waals surface area contributed by atoms with Gasteiger partial charge in [-0.2, -0.15) is 0 Å². The fraction of sp³-hybridized carbons (Fsp3) is 0.889. The van der Waals surface area contributed by atoms with E-state index in [0.29, 0.717) is 11.1 Å². The first-order valence-corrected chi connectivity index (χ1v) is 9.59. The van der Waals surface area contributed by atoms with Crippen LogP contribution < -0.4 is 10.6 Å². The topological polar surface area (TPSA) is 117 Å². The Hall–Kier alpha value is -1.22. The van der Waals surface area contributed by atoms with Crippen LogP contribution in [0.5, 0.6) is 0 Å². The van der Waals surface area contributed by atoms with E-state index in [-0.39, 0.29) is 0 Å². The lowest BCUT2D eigenvalue weighted by Gasteiger charge is -2.33. The number of nitrogens with one attached hydrogen (secondary N) is 2. The lowest BCUT2D eigenvalue weighted by atomic mass is 9.89. The molecule has 4 N–H and O–H groups in total. The zero-order chi connectivity index (χ0) is 18.9. The molecule has 0 aliphatic carbocycles. The van der Waals surface area contributed by atoms with Crippen molar-refractivity contribution in [1.29, 1.82) is 0 Å². The summed E-state index contributed by atoms with van der Waals surface area (Å²) in [5.74, 6) is -3.65. The average Bonchev–Trinajstić information content (AvgIpc) is 3.28. The lowest BCUT2D eigenvalue weighted by Crippen LogP contribution is -2.44. The summed E-state index contributed by atoms with van der Waals surface area (Å²) in [6, 6.07) is 0. The van der Waals surface area contributed by atoms with Gasteiger partial charge in [-0.05, 0) is 64.5 Å². The number of carbonyl (C=O) groups is 2. The van der Waals surface area contributed by atoms with E-state index < -0.39 is 11.9 Å². The smallest absolute Gasteiger partial charge is 0.414 e. The summed E-state index contributed by atoms with van der Waals surface area (Å²) < 4.78 is 10.6. The molecule has 0 amide bonds. The normalized spacial score (nSPS) is 25.7. The molecule has 0 aromatic heterocycles. The van der Waals surface area contributed by atoms with Gasteiger partial charge < -0.3 is 30.3 Å². The number of rotatable bonds is 0. The van der Waals surface area contributed by atoms with Crippen LogP contribution >= 0.6 is 0 Å². The van der Waals surface area contributed by atoms with Crippen molar-refractivity contribution in [2.45, 2.75) is 62.4 Å². The van der Waals surface area contributed by atoms with Crippen molar-refractivity contribution >= 4 is 11.9 Å². The molecule has 8 nitrogen and oxygen atoms in total. The van der Waals surface area contributed by atoms with Gasteiger partial charge in [0.2, 0.25) is 0 Å². The zero-order valence-electron chi connectivity index (χ0n) is 15.4. The molecule has 4 fully saturated rings. The van der Waals surface area contributed by atoms with Gasteiger partial charge >= 0.3 is 11.9 Å². The summed E-state index contributed by atoms with van der Waals surface area (Å²) in [7, 11) is 0. The van der Waals surface area contributed by atoms with E-state index in [9.17, 15) is 0 Å². The summed E-state index contributed by atoms with van der Waals surface area (Å²) in [5.41, 5.74) is 0.997. The highest BCUT2D eigenvalue weighted by molar-refractivity contribution is 6.27. The van der Waals surface area contributed by atoms with Crippen LogP contribution in [0.2, 0.25) is 0 Å². The molecule has 0 aromatic carbocycles. The predicted octanol–water partition coefficient (Wildman–Crippen LogP) is 0.994. The van der Waals surface area contributed by atoms with Gasteiger partial charge in [0.25, 0.3) is 0 Å². The quantitative estimate of drug-likeness (QED) is 0.465. The monoisotopic (exact) mass is 372 g/mol. The highest BCUT2D eigenvalue weighted by Gasteiger charge is 2.35. The molecular weight excluding hydrogens is 340 g/mol. The minimum atomic E-state index is -1.82. The third-order valence-electron chi connectivity index (χ3n) is 5.75. The van der Waals surface area contributed by atoms with E-state index in [4.69, 9.17) is 29.3 Å². The second kappa shape index (κ2) is 10.2. The predicted molar refractivity (Wildman–Crippen MR) is 95.3 cm³/mol. The molecular formula is C18H32N2O6. The molecule has 4 heterocycles. The summed E-state index contributed by atoms with van der Waals surface area (Å²) in [4.78, 5) is 18.2. The number of ether oxygens (including phenoxy) is 2. The number of aliphatic carboxylic acids is 2. The first-order chi connectivity index (χ1) is 12.5. The minimum Gasteiger partial charge on any atom is -0.473 e. The summed E-state index contributed by atoms with van der Waals surface area (Å²) >= 11 is 0. The maximum atomic E-state index is 9.10. The van der Waals surface area contributed by atoms with Crippen molar-refractivity contribution in [3.05, 3.63) is 0 Å². The van der Waals surface area contributed by atoms with Crippen molar-refractivity contribution in [3.63, 3.8) is 0 Å². The van der Waals surface area contributed by atoms with Gasteiger partial charge in [-0.3, -0.25) is 0 Å². The maximum Gasteiger partial charge on any atom is 0.414 e. The Balaban J connectivity index is 0.000000146. The Kier molecular flexibility index (Phi) is 8.27. The van der Waals surface area contributed by atoms with Gasteiger partial charge in [0.1, 0.15) is 0 Å². The van der Waals surface area contributed by atoms with Gasteiger partial charge in [-0.1, -0.05) is 0 Å². The first-order valence-electron chi connectivity index (χ1n) is 9.59. The number of carboxylic acids is 2. The van der Waals surface area contributed by atoms with Gasteiger partial charge in [0.15, 0.2) is 0 Å². The van der Waals surface area contributed by atoms with Gasteiger partial charge in [0, 0.05) is 37.5 Å². The zero-order valence-corrected chi connectivity index (χ0v) is 15.4. The Labute approximate surface area is 154 Å². The molecule has 2 spiro atoms. The van der Waals surface area contributed by atoms with Crippen LogP contribution in [0.15, 0.2) is 0 Å². The fourth-order valence-corrected chi connectivity index (χ4v) is 4.12. The molecule has 0 radical (unpaired) electrons. The SMILES string of the molecule is C1CNC2(C1)CCOCC2.C1CNC2(C1)CCOCC2.O=C(O)C(=O)O. The van der Waals surface area contributed by atoms with Crippen molar-refractivity contribution in [3.8, 4) is 0 Å². The molecule has 4 saturated heterocycles. The molecule has 4 aliphatic heterocycles. The molecule has 0 saturated carbocycles. The van der Waals surface area contributed by atoms with E-state index in [1.807, 2.05) is 0 Å². The van der Waals surface area contributed by atoms with E-state index in [1.165, 1.54) is 64.5 Å². The average molecular weight is 372 g/mol. The summed E-state index contributed by atoms with van der Waals surface area (Å²) in [6.45, 7) is 6.31. The van der Waals surface area contributed by atoms with Crippen LogP contribution in [0, 0.1) is 0 Å². The summed E-state index contributed by atoms with van der Waals surface area (Å²) in [5, 5.41) is 22.0. The molecule has 26 heavy (non-hydrogen) atoms. The van der Waals surface area contributed by atoms with Crippen LogP contribution in [-0.4, -0.2) is 72.7 Å². The standard InChI is InChI=1S/2C8H15NO.C2H2O4/c2*1-2-8(9-5-1)3-6-10-7-4-8;3-1(4)2(5)6/h2*9H,1-7H2;(H,3,4)(H,5,6). The highest BCUT2D eigenvalue weighted by Crippen LogP contribution is 2.30. The van der Waals surface area contributed by atoms with Gasteiger partial charge in [-0.25, -0.2) is 9.59 Å². The molecule has 0 unspecified atom stereocenters. The Morgan fingerprint density at radius 2 is 1.00 bits per heavy atom. The maximum absolute atomic E-state index is 9.10. The Morgan fingerprint density at radius 3 is 1.23 bits per heavy atom. The Bertz CT molecular complexity index is 401. The van der Waals surface area contributed by atoms with Gasteiger partial charge in [-0.15, -0.1) is 0 Å². The Morgan fingerprint density at radius 1 is 0.654 bits per heavy atom. The third kappa shape index (κ3) is 6.50. The molecule has 0 atom stereocenters. The molecule has 4 rings (SSSR count). The third-order valence-corrected chi connectivity index (χ3v) is 5.75. The second-order valence-electron chi connectivity index (χ2n) is 7.46. The molecule has 0 aromatic rings. The van der Waals surface area contributed by atoms with E-state index in [2.05, 4.69) is 10.6 Å². The highest BCUT2D eigenvalue weighted by atomic mass is 16.5. The van der Waals surface area contributed by atoms with Crippen LogP contribution in [-0.2, 0) is 19.1 Å². The molecule has 8 heteroatoms. The van der Waals surface area contributed by atoms with Crippen LogP contribution in [0.25, 0.3) is 0 Å². The lowest BCUT2D eigenvalue weighted by molar-refractivity contribution is -0.159. The van der Waals surface area contributed by atoms with E-state index >= 15 is 0 Å². The molecule has 150 valence electrons. The minimum absolute atomic E-state index is 0.498. The van der Waals surface area contributed by atoms with Crippen LogP contribution in [0.4, 0.5) is 0 Å². The second-order valence-corrected chi connectivity index (χ2v) is 7.46. The molecule has 0 bridgehead atoms. The summed E-state index contributed by atoms with van der Waals surface area (Å²) in [6.07, 6.45) is 10.4. The number of carboxylic acid groups (broad SMARTS) is 2. The van der Waals surface area contributed by atoms with Crippen molar-refractivity contribution in [1.82, 2.24) is 10.6 Å². The fourth-order valence-electron chi connectivity index (χ4n) is 4.12.